The van der Waals surface area contributed by atoms with Crippen LogP contribution in [0.5, 0.6) is 0 Å². The fourth-order valence-corrected chi connectivity index (χ4v) is 5.32. The van der Waals surface area contributed by atoms with Crippen molar-refractivity contribution < 1.29 is 9.90 Å². The van der Waals surface area contributed by atoms with Gasteiger partial charge in [0.25, 0.3) is 5.91 Å². The summed E-state index contributed by atoms with van der Waals surface area (Å²) in [5.41, 5.74) is 9.18. The lowest BCUT2D eigenvalue weighted by atomic mass is 10.0. The van der Waals surface area contributed by atoms with E-state index in [9.17, 15) is 9.90 Å². The first-order valence-electron chi connectivity index (χ1n) is 9.95. The maximum Gasteiger partial charge on any atom is 0.261 e. The van der Waals surface area contributed by atoms with Crippen LogP contribution in [0.25, 0.3) is 10.6 Å². The minimum atomic E-state index is -0.570. The van der Waals surface area contributed by atoms with Gasteiger partial charge < -0.3 is 16.2 Å². The van der Waals surface area contributed by atoms with Gasteiger partial charge in [0.15, 0.2) is 0 Å². The standard InChI is InChI=1S/C22H22Cl2N4O2S/c1-11-6-16(29)20-19(11)21(27-10-26-20)17-4-5-18(31-17)22(30)28-14(9-25)7-12-2-3-13(23)8-15(12)24/h2-5,8,10-11,14,16,29H,6-7,9,25H2,1H3,(H,28,30)/t11-,14+,16-/m1/s1. The third-order valence-electron chi connectivity index (χ3n) is 5.46. The van der Waals surface area contributed by atoms with Crippen LogP contribution in [0.1, 0.15) is 51.9 Å². The molecule has 0 saturated heterocycles. The number of hydrogen-bond acceptors (Lipinski definition) is 6. The topological polar surface area (TPSA) is 101 Å². The van der Waals surface area contributed by atoms with Crippen molar-refractivity contribution in [3.8, 4) is 10.6 Å². The molecule has 9 heteroatoms. The molecule has 3 atom stereocenters. The molecule has 2 heterocycles. The van der Waals surface area contributed by atoms with E-state index in [1.165, 1.54) is 17.7 Å². The van der Waals surface area contributed by atoms with Crippen molar-refractivity contribution in [3.63, 3.8) is 0 Å². The molecule has 4 rings (SSSR count). The molecule has 1 aliphatic carbocycles. The molecule has 1 amide bonds. The molecule has 0 aliphatic heterocycles. The summed E-state index contributed by atoms with van der Waals surface area (Å²) in [6.07, 6.45) is 2.03. The zero-order valence-electron chi connectivity index (χ0n) is 16.8. The predicted octanol–water partition coefficient (Wildman–Crippen LogP) is 4.35. The SMILES string of the molecule is C[C@@H]1C[C@@H](O)c2ncnc(-c3ccc(C(=O)N[C@H](CN)Cc4ccc(Cl)cc4Cl)s3)c21. The lowest BCUT2D eigenvalue weighted by Gasteiger charge is -2.17. The molecular weight excluding hydrogens is 455 g/mol. The highest BCUT2D eigenvalue weighted by molar-refractivity contribution is 7.17. The van der Waals surface area contributed by atoms with Crippen LogP contribution in [0.2, 0.25) is 10.0 Å². The lowest BCUT2D eigenvalue weighted by molar-refractivity contribution is 0.0942. The number of benzene rings is 1. The second-order valence-electron chi connectivity index (χ2n) is 7.68. The van der Waals surface area contributed by atoms with Crippen molar-refractivity contribution in [2.24, 2.45) is 5.73 Å². The fraction of sp³-hybridized carbons (Fsp3) is 0.318. The molecule has 4 N–H and O–H groups in total. The van der Waals surface area contributed by atoms with Gasteiger partial charge in [-0.05, 0) is 48.6 Å². The quantitative estimate of drug-likeness (QED) is 0.490. The van der Waals surface area contributed by atoms with Crippen LogP contribution in [-0.4, -0.2) is 33.6 Å². The third-order valence-corrected chi connectivity index (χ3v) is 7.14. The Morgan fingerprint density at radius 2 is 2.13 bits per heavy atom. The Morgan fingerprint density at radius 1 is 1.32 bits per heavy atom. The number of carbonyl (C=O) groups excluding carboxylic acids is 1. The Morgan fingerprint density at radius 3 is 2.87 bits per heavy atom. The van der Waals surface area contributed by atoms with E-state index in [1.807, 2.05) is 12.1 Å². The molecule has 0 fully saturated rings. The van der Waals surface area contributed by atoms with Gasteiger partial charge in [-0.2, -0.15) is 0 Å². The number of aromatic nitrogens is 2. The van der Waals surface area contributed by atoms with Gasteiger partial charge in [-0.1, -0.05) is 36.2 Å². The molecule has 162 valence electrons. The monoisotopic (exact) mass is 476 g/mol. The molecule has 3 aromatic rings. The van der Waals surface area contributed by atoms with E-state index in [-0.39, 0.29) is 24.4 Å². The van der Waals surface area contributed by atoms with Crippen LogP contribution < -0.4 is 11.1 Å². The molecule has 6 nitrogen and oxygen atoms in total. The maximum absolute atomic E-state index is 12.9. The lowest BCUT2D eigenvalue weighted by Crippen LogP contribution is -2.41. The molecular formula is C22H22Cl2N4O2S. The third kappa shape index (κ3) is 4.61. The predicted molar refractivity (Wildman–Crippen MR) is 124 cm³/mol. The minimum Gasteiger partial charge on any atom is -0.387 e. The number of amides is 1. The van der Waals surface area contributed by atoms with E-state index >= 15 is 0 Å². The number of thiophene rings is 1. The molecule has 31 heavy (non-hydrogen) atoms. The van der Waals surface area contributed by atoms with Crippen molar-refractivity contribution >= 4 is 40.4 Å². The average molecular weight is 477 g/mol. The number of nitrogens with one attached hydrogen (secondary N) is 1. The molecule has 0 radical (unpaired) electrons. The van der Waals surface area contributed by atoms with Gasteiger partial charge in [-0.3, -0.25) is 4.79 Å². The van der Waals surface area contributed by atoms with Gasteiger partial charge in [0.1, 0.15) is 6.33 Å². The maximum atomic E-state index is 12.9. The van der Waals surface area contributed by atoms with Gasteiger partial charge in [0.05, 0.1) is 27.2 Å². The summed E-state index contributed by atoms with van der Waals surface area (Å²) in [6.45, 7) is 2.33. The van der Waals surface area contributed by atoms with Crippen molar-refractivity contribution in [1.82, 2.24) is 15.3 Å². The number of nitrogens with two attached hydrogens (primary N) is 1. The smallest absolute Gasteiger partial charge is 0.261 e. The molecule has 0 bridgehead atoms. The van der Waals surface area contributed by atoms with E-state index in [0.29, 0.717) is 33.5 Å². The number of aliphatic hydroxyl groups is 1. The van der Waals surface area contributed by atoms with Crippen molar-refractivity contribution in [1.29, 1.82) is 0 Å². The second-order valence-corrected chi connectivity index (χ2v) is 9.61. The highest BCUT2D eigenvalue weighted by Gasteiger charge is 2.32. The van der Waals surface area contributed by atoms with Gasteiger partial charge >= 0.3 is 0 Å². The Bertz CT molecular complexity index is 1120. The van der Waals surface area contributed by atoms with Crippen LogP contribution in [0.4, 0.5) is 0 Å². The van der Waals surface area contributed by atoms with E-state index in [2.05, 4.69) is 22.2 Å². The van der Waals surface area contributed by atoms with Crippen LogP contribution in [0.3, 0.4) is 0 Å². The molecule has 1 aliphatic rings. The summed E-state index contributed by atoms with van der Waals surface area (Å²) in [5.74, 6) is -0.0399. The van der Waals surface area contributed by atoms with Crippen molar-refractivity contribution in [3.05, 3.63) is 68.4 Å². The van der Waals surface area contributed by atoms with Crippen LogP contribution >= 0.6 is 34.5 Å². The van der Waals surface area contributed by atoms with Crippen molar-refractivity contribution in [2.75, 3.05) is 6.54 Å². The average Bonchev–Trinajstić information content (AvgIpc) is 3.34. The van der Waals surface area contributed by atoms with Crippen LogP contribution in [-0.2, 0) is 6.42 Å². The minimum absolute atomic E-state index is 0.159. The zero-order chi connectivity index (χ0) is 22.1. The van der Waals surface area contributed by atoms with Gasteiger partial charge in [-0.15, -0.1) is 11.3 Å². The molecule has 2 aromatic heterocycles. The highest BCUT2D eigenvalue weighted by atomic mass is 35.5. The van der Waals surface area contributed by atoms with E-state index in [1.54, 1.807) is 18.2 Å². The zero-order valence-corrected chi connectivity index (χ0v) is 19.1. The highest BCUT2D eigenvalue weighted by Crippen LogP contribution is 2.44. The number of hydrogen-bond donors (Lipinski definition) is 3. The van der Waals surface area contributed by atoms with Gasteiger partial charge in [0.2, 0.25) is 0 Å². The Kier molecular flexibility index (Phi) is 6.60. The summed E-state index contributed by atoms with van der Waals surface area (Å²) >= 11 is 13.6. The Balaban J connectivity index is 1.51. The molecule has 0 spiro atoms. The van der Waals surface area contributed by atoms with Crippen LogP contribution in [0.15, 0.2) is 36.7 Å². The normalized spacial score (nSPS) is 18.6. The summed E-state index contributed by atoms with van der Waals surface area (Å²) < 4.78 is 0. The largest absolute Gasteiger partial charge is 0.387 e. The first kappa shape index (κ1) is 22.2. The summed E-state index contributed by atoms with van der Waals surface area (Å²) in [4.78, 5) is 23.0. The summed E-state index contributed by atoms with van der Waals surface area (Å²) in [6, 6.07) is 8.68. The molecule has 0 saturated carbocycles. The van der Waals surface area contributed by atoms with E-state index < -0.39 is 6.10 Å². The number of halogens is 2. The number of carbonyl (C=O) groups is 1. The number of aliphatic hydroxyl groups excluding tert-OH is 1. The van der Waals surface area contributed by atoms with Crippen LogP contribution in [0, 0.1) is 0 Å². The molecule has 0 unspecified atom stereocenters. The summed E-state index contributed by atoms with van der Waals surface area (Å²) in [5, 5.41) is 14.3. The number of rotatable bonds is 6. The fourth-order valence-electron chi connectivity index (χ4n) is 3.91. The first-order valence-corrected chi connectivity index (χ1v) is 11.5. The Hall–Kier alpha value is -2.03. The Labute approximate surface area is 194 Å². The second kappa shape index (κ2) is 9.22. The molecule has 1 aromatic carbocycles. The summed E-state index contributed by atoms with van der Waals surface area (Å²) in [7, 11) is 0. The van der Waals surface area contributed by atoms with Crippen molar-refractivity contribution in [2.45, 2.75) is 37.8 Å². The van der Waals surface area contributed by atoms with E-state index in [4.69, 9.17) is 28.9 Å². The van der Waals surface area contributed by atoms with Gasteiger partial charge in [0, 0.05) is 28.2 Å². The first-order chi connectivity index (χ1) is 14.9. The van der Waals surface area contributed by atoms with E-state index in [0.717, 1.165) is 21.7 Å². The van der Waals surface area contributed by atoms with Gasteiger partial charge in [-0.25, -0.2) is 9.97 Å². The number of fused-ring (bicyclic) bond motifs is 1. The number of nitrogens with zero attached hydrogens (tertiary/aromatic N) is 2.